The van der Waals surface area contributed by atoms with Crippen LogP contribution < -0.4 is 21.1 Å². The molecule has 24 heavy (non-hydrogen) atoms. The molecule has 0 aliphatic heterocycles. The van der Waals surface area contributed by atoms with E-state index in [2.05, 4.69) is 25.6 Å². The summed E-state index contributed by atoms with van der Waals surface area (Å²) < 4.78 is 9.97. The van der Waals surface area contributed by atoms with Crippen LogP contribution in [0.4, 0.5) is 5.82 Å². The Morgan fingerprint density at radius 3 is 2.54 bits per heavy atom. The number of carbonyl (C=O) groups excluding carboxylic acids is 2. The van der Waals surface area contributed by atoms with Crippen LogP contribution >= 0.6 is 0 Å². The first kappa shape index (κ1) is 17.3. The second-order valence-electron chi connectivity index (χ2n) is 4.87. The number of hydrogen-bond donors (Lipinski definition) is 3. The highest BCUT2D eigenvalue weighted by Gasteiger charge is 2.18. The lowest BCUT2D eigenvalue weighted by Gasteiger charge is -2.17. The second kappa shape index (κ2) is 8.51. The fourth-order valence-corrected chi connectivity index (χ4v) is 1.90. The van der Waals surface area contributed by atoms with Gasteiger partial charge in [0.1, 0.15) is 5.75 Å². The molecular weight excluding hydrogens is 314 g/mol. The average molecular weight is 333 g/mol. The van der Waals surface area contributed by atoms with E-state index >= 15 is 0 Å². The van der Waals surface area contributed by atoms with E-state index in [1.807, 2.05) is 25.1 Å². The topological polar surface area (TPSA) is 132 Å². The first-order valence-electron chi connectivity index (χ1n) is 7.47. The number of aromatic nitrogens is 2. The van der Waals surface area contributed by atoms with Crippen LogP contribution in [0.3, 0.4) is 0 Å². The smallest absolute Gasteiger partial charge is 0.277 e. The highest BCUT2D eigenvalue weighted by Crippen LogP contribution is 2.12. The fraction of sp³-hybridized carbons (Fsp3) is 0.333. The molecule has 9 nitrogen and oxygen atoms in total. The Morgan fingerprint density at radius 2 is 1.92 bits per heavy atom. The van der Waals surface area contributed by atoms with Crippen LogP contribution in [-0.2, 0) is 4.79 Å². The molecule has 0 saturated carbocycles. The van der Waals surface area contributed by atoms with Gasteiger partial charge in [-0.15, -0.1) is 0 Å². The quantitative estimate of drug-likeness (QED) is 0.594. The number of amides is 2. The minimum atomic E-state index is -0.599. The van der Waals surface area contributed by atoms with E-state index in [4.69, 9.17) is 10.5 Å². The third-order valence-corrected chi connectivity index (χ3v) is 3.12. The van der Waals surface area contributed by atoms with Gasteiger partial charge in [0.25, 0.3) is 11.8 Å². The summed E-state index contributed by atoms with van der Waals surface area (Å²) in [6.07, 6.45) is -0.0766. The molecule has 0 radical (unpaired) electrons. The zero-order valence-electron chi connectivity index (χ0n) is 13.2. The molecule has 0 saturated heterocycles. The summed E-state index contributed by atoms with van der Waals surface area (Å²) in [5.41, 5.74) is 5.33. The lowest BCUT2D eigenvalue weighted by Crippen LogP contribution is -2.41. The van der Waals surface area contributed by atoms with Gasteiger partial charge in [-0.1, -0.05) is 25.1 Å². The maximum atomic E-state index is 12.1. The molecule has 0 aliphatic carbocycles. The fourth-order valence-electron chi connectivity index (χ4n) is 1.90. The number of nitrogen functional groups attached to an aromatic ring is 1. The monoisotopic (exact) mass is 333 g/mol. The van der Waals surface area contributed by atoms with E-state index in [0.29, 0.717) is 12.2 Å². The number of nitrogens with zero attached hydrogens (tertiary/aromatic N) is 2. The maximum Gasteiger partial charge on any atom is 0.277 e. The van der Waals surface area contributed by atoms with Gasteiger partial charge in [-0.2, -0.15) is 0 Å². The van der Waals surface area contributed by atoms with Gasteiger partial charge in [0.2, 0.25) is 11.5 Å². The molecule has 1 aromatic carbocycles. The molecule has 0 spiro atoms. The maximum absolute atomic E-state index is 12.1. The summed E-state index contributed by atoms with van der Waals surface area (Å²) in [4.78, 5) is 23.8. The van der Waals surface area contributed by atoms with Gasteiger partial charge in [0, 0.05) is 13.1 Å². The third-order valence-electron chi connectivity index (χ3n) is 3.12. The van der Waals surface area contributed by atoms with Crippen LogP contribution in [0.1, 0.15) is 23.8 Å². The summed E-state index contributed by atoms with van der Waals surface area (Å²) in [5.74, 6) is -0.227. The van der Waals surface area contributed by atoms with Crippen molar-refractivity contribution < 1.29 is 19.0 Å². The molecule has 0 unspecified atom stereocenters. The van der Waals surface area contributed by atoms with Crippen molar-refractivity contribution in [3.8, 4) is 5.75 Å². The molecule has 1 aromatic heterocycles. The minimum absolute atomic E-state index is 0.0832. The summed E-state index contributed by atoms with van der Waals surface area (Å²) in [6, 6.07) is 9.10. The van der Waals surface area contributed by atoms with Crippen molar-refractivity contribution in [2.75, 3.05) is 18.8 Å². The van der Waals surface area contributed by atoms with Crippen LogP contribution in [-0.4, -0.2) is 41.3 Å². The first-order chi connectivity index (χ1) is 11.6. The van der Waals surface area contributed by atoms with E-state index in [1.54, 1.807) is 12.1 Å². The van der Waals surface area contributed by atoms with E-state index in [1.165, 1.54) is 0 Å². The number of anilines is 1. The van der Waals surface area contributed by atoms with Gasteiger partial charge >= 0.3 is 0 Å². The average Bonchev–Trinajstić information content (AvgIpc) is 3.03. The van der Waals surface area contributed by atoms with E-state index in [9.17, 15) is 9.59 Å². The van der Waals surface area contributed by atoms with Gasteiger partial charge in [-0.3, -0.25) is 9.59 Å². The van der Waals surface area contributed by atoms with E-state index < -0.39 is 12.0 Å². The Labute approximate surface area is 138 Å². The number of nitrogens with two attached hydrogens (primary N) is 1. The number of benzene rings is 1. The molecule has 2 amide bonds. The summed E-state index contributed by atoms with van der Waals surface area (Å²) in [7, 11) is 0. The third kappa shape index (κ3) is 4.70. The van der Waals surface area contributed by atoms with Gasteiger partial charge < -0.3 is 21.1 Å². The van der Waals surface area contributed by atoms with Crippen LogP contribution in [0.25, 0.3) is 0 Å². The Hall–Kier alpha value is -3.10. The summed E-state index contributed by atoms with van der Waals surface area (Å²) >= 11 is 0. The van der Waals surface area contributed by atoms with E-state index in [-0.39, 0.29) is 30.5 Å². The van der Waals surface area contributed by atoms with Crippen LogP contribution in [0, 0.1) is 0 Å². The largest absolute Gasteiger partial charge is 0.481 e. The van der Waals surface area contributed by atoms with Crippen LogP contribution in [0.5, 0.6) is 5.75 Å². The zero-order chi connectivity index (χ0) is 17.4. The lowest BCUT2D eigenvalue weighted by molar-refractivity contribution is -0.128. The van der Waals surface area contributed by atoms with Gasteiger partial charge in [0.05, 0.1) is 0 Å². The zero-order valence-corrected chi connectivity index (χ0v) is 13.2. The Bertz CT molecular complexity index is 674. The number of carbonyl (C=O) groups is 2. The van der Waals surface area contributed by atoms with Crippen molar-refractivity contribution in [1.29, 1.82) is 0 Å². The molecule has 0 bridgehead atoms. The first-order valence-corrected chi connectivity index (χ1v) is 7.47. The lowest BCUT2D eigenvalue weighted by atomic mass is 10.2. The molecule has 1 atom stereocenters. The van der Waals surface area contributed by atoms with Gasteiger partial charge in [-0.25, -0.2) is 4.63 Å². The summed E-state index contributed by atoms with van der Waals surface area (Å²) in [6.45, 7) is 2.30. The molecule has 2 aromatic rings. The van der Waals surface area contributed by atoms with E-state index in [0.717, 1.165) is 0 Å². The number of rotatable bonds is 8. The molecule has 1 heterocycles. The van der Waals surface area contributed by atoms with Crippen molar-refractivity contribution in [3.63, 3.8) is 0 Å². The predicted molar refractivity (Wildman–Crippen MR) is 85.2 cm³/mol. The minimum Gasteiger partial charge on any atom is -0.481 e. The Balaban J connectivity index is 1.73. The Kier molecular flexibility index (Phi) is 6.12. The highest BCUT2D eigenvalue weighted by atomic mass is 16.6. The van der Waals surface area contributed by atoms with Crippen LogP contribution in [0.2, 0.25) is 0 Å². The normalized spacial score (nSPS) is 11.5. The molecule has 4 N–H and O–H groups in total. The van der Waals surface area contributed by atoms with Crippen molar-refractivity contribution >= 4 is 17.6 Å². The molecule has 2 rings (SSSR count). The van der Waals surface area contributed by atoms with Crippen molar-refractivity contribution in [3.05, 3.63) is 36.0 Å². The second-order valence-corrected chi connectivity index (χ2v) is 4.87. The molecule has 0 fully saturated rings. The van der Waals surface area contributed by atoms with Crippen molar-refractivity contribution in [2.24, 2.45) is 0 Å². The molecular formula is C15H19N5O4. The molecule has 9 heteroatoms. The standard InChI is InChI=1S/C15H19N5O4/c1-2-11(23-10-6-4-3-5-7-10)14(21)17-8-9-18-15(22)12-13(16)20-24-19-12/h3-7,11H,2,8-9H2,1H3,(H2,16,20)(H,17,21)(H,18,22)/t11-/m0/s1. The van der Waals surface area contributed by atoms with Gasteiger partial charge in [0.15, 0.2) is 6.10 Å². The molecule has 0 aliphatic rings. The van der Waals surface area contributed by atoms with Crippen molar-refractivity contribution in [1.82, 2.24) is 20.9 Å². The summed E-state index contributed by atoms with van der Waals surface area (Å²) in [5, 5.41) is 12.0. The molecule has 128 valence electrons. The number of para-hydroxylation sites is 1. The predicted octanol–water partition coefficient (Wildman–Crippen LogP) is 0.355. The SMILES string of the molecule is CC[C@H](Oc1ccccc1)C(=O)NCCNC(=O)c1nonc1N. The number of ether oxygens (including phenoxy) is 1. The Morgan fingerprint density at radius 1 is 1.21 bits per heavy atom. The highest BCUT2D eigenvalue weighted by molar-refractivity contribution is 5.96. The van der Waals surface area contributed by atoms with Crippen molar-refractivity contribution in [2.45, 2.75) is 19.4 Å². The number of hydrogen-bond acceptors (Lipinski definition) is 7. The van der Waals surface area contributed by atoms with Crippen LogP contribution in [0.15, 0.2) is 35.0 Å². The number of nitrogens with one attached hydrogen (secondary N) is 2. The van der Waals surface area contributed by atoms with Gasteiger partial charge in [-0.05, 0) is 28.9 Å².